The third-order valence-electron chi connectivity index (χ3n) is 12.0. The van der Waals surface area contributed by atoms with Crippen molar-refractivity contribution >= 4 is 46.6 Å². The van der Waals surface area contributed by atoms with Gasteiger partial charge in [0.25, 0.3) is 11.8 Å². The number of carbonyl (C=O) groups excluding carboxylic acids is 5. The van der Waals surface area contributed by atoms with E-state index in [2.05, 4.69) is 67.5 Å². The topological polar surface area (TPSA) is 173 Å². The van der Waals surface area contributed by atoms with Crippen LogP contribution in [0, 0.1) is 5.92 Å². The molecule has 4 atom stereocenters. The van der Waals surface area contributed by atoms with E-state index in [1.807, 2.05) is 30.6 Å². The second-order valence-corrected chi connectivity index (χ2v) is 15.7. The van der Waals surface area contributed by atoms with Crippen LogP contribution in [0.25, 0.3) is 11.1 Å². The number of piperidine rings is 1. The molecular weight excluding hydrogens is 735 g/mol. The van der Waals surface area contributed by atoms with Gasteiger partial charge >= 0.3 is 0 Å². The van der Waals surface area contributed by atoms with Gasteiger partial charge in [0.15, 0.2) is 0 Å². The molecule has 58 heavy (non-hydrogen) atoms. The maximum atomic E-state index is 13.3. The minimum atomic E-state index is -0.998. The fourth-order valence-electron chi connectivity index (χ4n) is 9.06. The lowest BCUT2D eigenvalue weighted by molar-refractivity contribution is -0.136. The Morgan fingerprint density at radius 1 is 0.862 bits per heavy atom. The first-order valence-corrected chi connectivity index (χ1v) is 20.4. The fourth-order valence-corrected chi connectivity index (χ4v) is 9.06. The van der Waals surface area contributed by atoms with Crippen molar-refractivity contribution in [1.82, 2.24) is 20.1 Å². The summed E-state index contributed by atoms with van der Waals surface area (Å²) in [5, 5.41) is 22.5. The maximum Gasteiger partial charge on any atom is 0.264 e. The Morgan fingerprint density at radius 2 is 1.66 bits per heavy atom. The first kappa shape index (κ1) is 38.9. The number of imide groups is 2. The van der Waals surface area contributed by atoms with Crippen molar-refractivity contribution in [2.75, 3.05) is 35.6 Å². The van der Waals surface area contributed by atoms with Gasteiger partial charge in [0, 0.05) is 67.3 Å². The number of unbranched alkanes of at least 4 members (excludes halogenated alkanes) is 4. The van der Waals surface area contributed by atoms with E-state index in [0.717, 1.165) is 79.0 Å². The molecular formula is C45H49N7O6. The van der Waals surface area contributed by atoms with Crippen molar-refractivity contribution in [2.24, 2.45) is 5.92 Å². The molecule has 3 aromatic carbocycles. The summed E-state index contributed by atoms with van der Waals surface area (Å²) in [5.41, 5.74) is 7.44. The summed E-state index contributed by atoms with van der Waals surface area (Å²) >= 11 is 0. The van der Waals surface area contributed by atoms with Crippen molar-refractivity contribution in [3.8, 4) is 11.1 Å². The van der Waals surface area contributed by atoms with Gasteiger partial charge < -0.3 is 21.1 Å². The first-order valence-electron chi connectivity index (χ1n) is 20.4. The molecule has 8 rings (SSSR count). The van der Waals surface area contributed by atoms with E-state index < -0.39 is 29.7 Å². The Labute approximate surface area is 337 Å². The lowest BCUT2D eigenvalue weighted by Crippen LogP contribution is -2.54. The van der Waals surface area contributed by atoms with Gasteiger partial charge in [-0.1, -0.05) is 43.5 Å². The molecule has 0 spiro atoms. The van der Waals surface area contributed by atoms with Crippen LogP contribution in [0.2, 0.25) is 0 Å². The summed E-state index contributed by atoms with van der Waals surface area (Å²) in [6.45, 7) is 2.47. The van der Waals surface area contributed by atoms with Gasteiger partial charge in [-0.25, -0.2) is 0 Å². The third-order valence-corrected chi connectivity index (χ3v) is 12.0. The summed E-state index contributed by atoms with van der Waals surface area (Å²) < 4.78 is 0. The number of rotatable bonds is 15. The molecule has 0 bridgehead atoms. The molecule has 2 saturated heterocycles. The average molecular weight is 784 g/mol. The molecule has 5 N–H and O–H groups in total. The number of aliphatic hydroxyl groups excluding tert-OH is 1. The predicted molar refractivity (Wildman–Crippen MR) is 220 cm³/mol. The molecule has 300 valence electrons. The zero-order chi connectivity index (χ0) is 40.2. The number of nitrogens with one attached hydrogen (secondary N) is 4. The fraction of sp³-hybridized carbons (Fsp3) is 0.378. The zero-order valence-electron chi connectivity index (χ0n) is 32.4. The molecule has 0 saturated carbocycles. The van der Waals surface area contributed by atoms with Gasteiger partial charge in [0.05, 0.1) is 23.8 Å². The summed E-state index contributed by atoms with van der Waals surface area (Å²) in [7, 11) is 0. The number of amides is 5. The van der Waals surface area contributed by atoms with Crippen molar-refractivity contribution in [1.29, 1.82) is 0 Å². The summed E-state index contributed by atoms with van der Waals surface area (Å²) in [6.07, 6.45) is 9.68. The molecule has 13 heteroatoms. The van der Waals surface area contributed by atoms with Gasteiger partial charge in [-0.15, -0.1) is 0 Å². The lowest BCUT2D eigenvalue weighted by atomic mass is 9.82. The SMILES string of the molecule is O=C1CCC(N2C(=O)c3cccc(NCCCCCCCC(=O)Nc4cccc(-c5ccc6c(c5)[C@H]5[C@H](CCN5Cc5ccncc5)[C@@H](CO)N6)c4)c3C2=O)C(=O)N1. The molecule has 4 aliphatic heterocycles. The first-order chi connectivity index (χ1) is 28.3. The Morgan fingerprint density at radius 3 is 2.48 bits per heavy atom. The molecule has 5 heterocycles. The highest BCUT2D eigenvalue weighted by molar-refractivity contribution is 6.25. The van der Waals surface area contributed by atoms with Crippen LogP contribution >= 0.6 is 0 Å². The van der Waals surface area contributed by atoms with Crippen LogP contribution in [0.5, 0.6) is 0 Å². The maximum absolute atomic E-state index is 13.3. The molecule has 5 amide bonds. The van der Waals surface area contributed by atoms with E-state index >= 15 is 0 Å². The number of anilines is 3. The van der Waals surface area contributed by atoms with Crippen LogP contribution in [0.15, 0.2) is 85.2 Å². The molecule has 4 aromatic rings. The highest BCUT2D eigenvalue weighted by Gasteiger charge is 2.46. The zero-order valence-corrected chi connectivity index (χ0v) is 32.4. The van der Waals surface area contributed by atoms with Gasteiger partial charge in [-0.2, -0.15) is 0 Å². The van der Waals surface area contributed by atoms with E-state index in [0.29, 0.717) is 24.6 Å². The molecule has 0 radical (unpaired) electrons. The number of aliphatic hydroxyl groups is 1. The van der Waals surface area contributed by atoms with Crippen LogP contribution in [0.3, 0.4) is 0 Å². The van der Waals surface area contributed by atoms with Crippen molar-refractivity contribution in [3.63, 3.8) is 0 Å². The Balaban J connectivity index is 0.797. The van der Waals surface area contributed by atoms with Crippen molar-refractivity contribution in [2.45, 2.75) is 82.5 Å². The number of hydrogen-bond donors (Lipinski definition) is 5. The highest BCUT2D eigenvalue weighted by Crippen LogP contribution is 2.48. The highest BCUT2D eigenvalue weighted by atomic mass is 16.3. The third kappa shape index (κ3) is 8.09. The van der Waals surface area contributed by atoms with Crippen LogP contribution < -0.4 is 21.3 Å². The van der Waals surface area contributed by atoms with E-state index in [-0.39, 0.29) is 48.6 Å². The van der Waals surface area contributed by atoms with Gasteiger partial charge in [-0.3, -0.25) is 44.1 Å². The largest absolute Gasteiger partial charge is 0.394 e. The Hall–Kier alpha value is -5.92. The van der Waals surface area contributed by atoms with E-state index in [1.54, 1.807) is 18.2 Å². The number of pyridine rings is 1. The Kier molecular flexibility index (Phi) is 11.6. The molecule has 13 nitrogen and oxygen atoms in total. The number of carbonyl (C=O) groups is 5. The van der Waals surface area contributed by atoms with Crippen LogP contribution in [0.1, 0.15) is 95.7 Å². The van der Waals surface area contributed by atoms with Crippen LogP contribution in [-0.4, -0.2) is 81.2 Å². The molecule has 1 aromatic heterocycles. The number of benzene rings is 3. The second-order valence-electron chi connectivity index (χ2n) is 15.7. The molecule has 1 unspecified atom stereocenters. The number of fused-ring (bicyclic) bond motifs is 4. The van der Waals surface area contributed by atoms with E-state index in [4.69, 9.17) is 0 Å². The van der Waals surface area contributed by atoms with Crippen molar-refractivity contribution < 1.29 is 29.1 Å². The Bertz CT molecular complexity index is 2210. The molecule has 2 fully saturated rings. The average Bonchev–Trinajstić information content (AvgIpc) is 3.76. The summed E-state index contributed by atoms with van der Waals surface area (Å²) in [5.74, 6) is -1.80. The number of nitrogens with zero attached hydrogens (tertiary/aromatic N) is 3. The number of aromatic nitrogens is 1. The van der Waals surface area contributed by atoms with Crippen LogP contribution in [-0.2, 0) is 20.9 Å². The van der Waals surface area contributed by atoms with Crippen LogP contribution in [0.4, 0.5) is 17.1 Å². The smallest absolute Gasteiger partial charge is 0.264 e. The minimum Gasteiger partial charge on any atom is -0.394 e. The van der Waals surface area contributed by atoms with E-state index in [1.165, 1.54) is 11.1 Å². The summed E-state index contributed by atoms with van der Waals surface area (Å²) in [6, 6.07) is 22.8. The second kappa shape index (κ2) is 17.3. The predicted octanol–water partition coefficient (Wildman–Crippen LogP) is 5.89. The van der Waals surface area contributed by atoms with Gasteiger partial charge in [0.1, 0.15) is 6.04 Å². The number of hydrogen-bond acceptors (Lipinski definition) is 10. The van der Waals surface area contributed by atoms with Gasteiger partial charge in [-0.05, 0) is 103 Å². The monoisotopic (exact) mass is 783 g/mol. The van der Waals surface area contributed by atoms with Gasteiger partial charge in [0.2, 0.25) is 17.7 Å². The number of likely N-dealkylation sites (tertiary alicyclic amines) is 1. The van der Waals surface area contributed by atoms with E-state index in [9.17, 15) is 29.1 Å². The minimum absolute atomic E-state index is 0.00668. The standard InChI is InChI=1S/C45H49N7O6/c53-27-37-32-19-23-51(26-28-17-21-46-22-18-28)42(32)34-25-30(13-14-35(34)49-37)29-8-6-9-31(24-29)48-39(54)12-4-2-1-3-5-20-47-36-11-7-10-33-41(36)45(58)52(44(33)57)38-15-16-40(55)50-43(38)56/h6-11,13-14,17-18,21-22,24-25,32,37-38,42,47,49,53H,1-5,12,15-16,19-20,23,26-27H2,(H,48,54)(H,50,55,56)/t32-,37-,38?,42-/m1/s1. The molecule has 0 aliphatic carbocycles. The molecule has 4 aliphatic rings. The van der Waals surface area contributed by atoms with Crippen molar-refractivity contribution in [3.05, 3.63) is 107 Å². The normalized spacial score (nSPS) is 21.2. The quantitative estimate of drug-likeness (QED) is 0.0723. The summed E-state index contributed by atoms with van der Waals surface area (Å²) in [4.78, 5) is 71.1. The lowest BCUT2D eigenvalue weighted by Gasteiger charge is -2.39.